The Morgan fingerprint density at radius 1 is 0.720 bits per heavy atom. The number of rotatable bonds is 8. The van der Waals surface area contributed by atoms with Gasteiger partial charge in [0, 0.05) is 0 Å². The third kappa shape index (κ3) is 6.50. The molecule has 2 aromatic rings. The normalized spacial score (nSPS) is 15.0. The predicted octanol–water partition coefficient (Wildman–Crippen LogP) is 6.87. The zero-order valence-corrected chi connectivity index (χ0v) is 18.2. The summed E-state index contributed by atoms with van der Waals surface area (Å²) in [6.45, 7) is 9.21. The van der Waals surface area contributed by atoms with Crippen LogP contribution in [0.4, 0.5) is 0 Å². The third-order valence-corrected chi connectivity index (χ3v) is 7.87. The summed E-state index contributed by atoms with van der Waals surface area (Å²) in [6.07, 6.45) is 7.42. The second kappa shape index (κ2) is 10.6. The Bertz CT molecular complexity index is 621. The van der Waals surface area contributed by atoms with Gasteiger partial charge in [-0.05, 0) is 0 Å². The van der Waals surface area contributed by atoms with E-state index in [4.69, 9.17) is 0 Å². The van der Waals surface area contributed by atoms with Crippen LogP contribution >= 0.6 is 0 Å². The molecular weight excluding hydrogens is 416 g/mol. The van der Waals surface area contributed by atoms with Crippen LogP contribution in [0.3, 0.4) is 0 Å². The van der Waals surface area contributed by atoms with Crippen molar-refractivity contribution in [1.82, 2.24) is 0 Å². The van der Waals surface area contributed by atoms with Crippen LogP contribution in [0.2, 0.25) is 0 Å². The van der Waals surface area contributed by atoms with Crippen LogP contribution in [0.25, 0.3) is 7.24 Å². The van der Waals surface area contributed by atoms with Crippen molar-refractivity contribution in [3.63, 3.8) is 0 Å². The van der Waals surface area contributed by atoms with Crippen LogP contribution < -0.4 is 0 Å². The fourth-order valence-corrected chi connectivity index (χ4v) is 6.29. The topological polar surface area (TPSA) is 0 Å². The molecule has 0 aliphatic rings. The fraction of sp³-hybridized carbons (Fsp3) is 0.333. The molecule has 0 amide bonds. The molecule has 0 saturated carbocycles. The molecule has 0 aliphatic carbocycles. The Hall–Kier alpha value is -1.29. The molecule has 0 spiro atoms. The molecule has 0 saturated heterocycles. The first-order valence-electron chi connectivity index (χ1n) is 9.36. The molecule has 2 aromatic carbocycles. The van der Waals surface area contributed by atoms with Crippen LogP contribution in [0.5, 0.6) is 0 Å². The molecule has 0 fully saturated rings. The minimum absolute atomic E-state index is 0.441. The van der Waals surface area contributed by atoms with E-state index in [9.17, 15) is 0 Å². The number of allylic oxidation sites excluding steroid dienone is 2. The van der Waals surface area contributed by atoms with Gasteiger partial charge < -0.3 is 0 Å². The van der Waals surface area contributed by atoms with E-state index < -0.39 is 20.9 Å². The van der Waals surface area contributed by atoms with E-state index >= 15 is 0 Å². The maximum absolute atomic E-state index is 2.52. The van der Waals surface area contributed by atoms with Gasteiger partial charge in [0.25, 0.3) is 0 Å². The Morgan fingerprint density at radius 2 is 1.08 bits per heavy atom. The van der Waals surface area contributed by atoms with E-state index in [1.807, 2.05) is 0 Å². The zero-order valence-electron chi connectivity index (χ0n) is 15.9. The Labute approximate surface area is 164 Å². The van der Waals surface area contributed by atoms with E-state index in [0.29, 0.717) is 11.8 Å². The summed E-state index contributed by atoms with van der Waals surface area (Å²) in [5.74, 6) is 1.25. The van der Waals surface area contributed by atoms with Gasteiger partial charge in [-0.25, -0.2) is 0 Å². The molecule has 0 aliphatic heterocycles. The van der Waals surface area contributed by atoms with Gasteiger partial charge >= 0.3 is 164 Å². The first kappa shape index (κ1) is 20.0. The quantitative estimate of drug-likeness (QED) is 0.389. The van der Waals surface area contributed by atoms with Gasteiger partial charge in [0.05, 0.1) is 0 Å². The van der Waals surface area contributed by atoms with Crippen molar-refractivity contribution in [3.8, 4) is 0 Å². The average molecular weight is 446 g/mol. The monoisotopic (exact) mass is 448 g/mol. The predicted molar refractivity (Wildman–Crippen MR) is 114 cm³/mol. The first-order valence-corrected chi connectivity index (χ1v) is 11.7. The summed E-state index contributed by atoms with van der Waals surface area (Å²) < 4.78 is 3.14. The number of hydrogen-bond acceptors (Lipinski definition) is 0. The number of benzene rings is 2. The van der Waals surface area contributed by atoms with E-state index in [0.717, 1.165) is 0 Å². The summed E-state index contributed by atoms with van der Waals surface area (Å²) in [7, 11) is 0. The van der Waals surface area contributed by atoms with Crippen molar-refractivity contribution < 1.29 is 0 Å². The van der Waals surface area contributed by atoms with Gasteiger partial charge in [-0.2, -0.15) is 0 Å². The van der Waals surface area contributed by atoms with Crippen molar-refractivity contribution >= 4 is 28.2 Å². The van der Waals surface area contributed by atoms with Crippen LogP contribution in [-0.4, -0.2) is 20.9 Å². The molecule has 0 aromatic heterocycles. The standard InChI is InChI=1S/C24H30Te/c1-5-19(3)17-23(21-13-9-7-10-14-21)25-24(18-20(4)6-2)22-15-11-8-12-16-22/h7-20H,5-6H2,1-4H3/b23-17+,24-18+. The average Bonchev–Trinajstić information content (AvgIpc) is 2.67. The Balaban J connectivity index is 2.41. The van der Waals surface area contributed by atoms with Gasteiger partial charge in [-0.1, -0.05) is 0 Å². The molecule has 0 N–H and O–H groups in total. The SMILES string of the molecule is CCC(C)/C=C(/[Te]/C(=C/C(C)CC)c1ccccc1)c1ccccc1. The van der Waals surface area contributed by atoms with Crippen LogP contribution in [0, 0.1) is 11.8 Å². The first-order chi connectivity index (χ1) is 12.1. The molecule has 0 radical (unpaired) electrons. The summed E-state index contributed by atoms with van der Waals surface area (Å²) in [4.78, 5) is 0. The Kier molecular flexibility index (Phi) is 8.53. The molecule has 0 heterocycles. The van der Waals surface area contributed by atoms with Crippen LogP contribution in [0.15, 0.2) is 72.8 Å². The summed E-state index contributed by atoms with van der Waals surface area (Å²) in [5.41, 5.74) is 2.80. The molecular formula is C24H30Te. The van der Waals surface area contributed by atoms with Crippen molar-refractivity contribution in [3.05, 3.63) is 83.9 Å². The molecule has 0 bridgehead atoms. The van der Waals surface area contributed by atoms with Crippen LogP contribution in [0.1, 0.15) is 51.7 Å². The summed E-state index contributed by atoms with van der Waals surface area (Å²) in [6, 6.07) is 21.9. The Morgan fingerprint density at radius 3 is 1.40 bits per heavy atom. The van der Waals surface area contributed by atoms with Gasteiger partial charge in [0.15, 0.2) is 0 Å². The van der Waals surface area contributed by atoms with Crippen molar-refractivity contribution in [1.29, 1.82) is 0 Å². The zero-order chi connectivity index (χ0) is 18.1. The molecule has 2 unspecified atom stereocenters. The van der Waals surface area contributed by atoms with Crippen molar-refractivity contribution in [2.24, 2.45) is 11.8 Å². The van der Waals surface area contributed by atoms with Crippen molar-refractivity contribution in [2.45, 2.75) is 40.5 Å². The van der Waals surface area contributed by atoms with Gasteiger partial charge in [-0.3, -0.25) is 0 Å². The maximum atomic E-state index is 2.52. The molecule has 132 valence electrons. The fourth-order valence-electron chi connectivity index (χ4n) is 2.45. The summed E-state index contributed by atoms with van der Waals surface area (Å²) >= 11 is -0.441. The molecule has 25 heavy (non-hydrogen) atoms. The molecule has 2 rings (SSSR count). The van der Waals surface area contributed by atoms with E-state index in [2.05, 4.69) is 101 Å². The van der Waals surface area contributed by atoms with Crippen LogP contribution in [-0.2, 0) is 0 Å². The van der Waals surface area contributed by atoms with E-state index in [-0.39, 0.29) is 0 Å². The third-order valence-electron chi connectivity index (χ3n) is 4.50. The minimum atomic E-state index is -0.441. The van der Waals surface area contributed by atoms with E-state index in [1.54, 1.807) is 7.24 Å². The van der Waals surface area contributed by atoms with E-state index in [1.165, 1.54) is 24.0 Å². The van der Waals surface area contributed by atoms with Gasteiger partial charge in [-0.15, -0.1) is 0 Å². The second-order valence-electron chi connectivity index (χ2n) is 6.67. The molecule has 0 nitrogen and oxygen atoms in total. The summed E-state index contributed by atoms with van der Waals surface area (Å²) in [5, 5.41) is 0. The molecule has 2 atom stereocenters. The van der Waals surface area contributed by atoms with Gasteiger partial charge in [0.2, 0.25) is 0 Å². The second-order valence-corrected chi connectivity index (χ2v) is 9.76. The van der Waals surface area contributed by atoms with Gasteiger partial charge in [0.1, 0.15) is 0 Å². The van der Waals surface area contributed by atoms with Crippen molar-refractivity contribution in [2.75, 3.05) is 0 Å². The molecule has 1 heteroatoms. The number of hydrogen-bond donors (Lipinski definition) is 0.